The Balaban J connectivity index is 1.43. The van der Waals surface area contributed by atoms with Crippen molar-refractivity contribution in [3.05, 3.63) is 59.2 Å². The number of aryl methyl sites for hydroxylation is 1. The zero-order chi connectivity index (χ0) is 27.0. The summed E-state index contributed by atoms with van der Waals surface area (Å²) in [5.74, 6) is -2.97. The Hall–Kier alpha value is -2.64. The maximum atomic E-state index is 17.2. The number of Topliss-reactive ketones (excluding diaryl/α,β-unsaturated/α-hetero) is 1. The molecule has 0 heterocycles. The first-order chi connectivity index (χ1) is 17.3. The van der Waals surface area contributed by atoms with Crippen LogP contribution in [0.4, 0.5) is 4.39 Å². The molecule has 7 heteroatoms. The van der Waals surface area contributed by atoms with E-state index < -0.39 is 58.4 Å². The molecular weight excluding hydrogens is 475 g/mol. The van der Waals surface area contributed by atoms with E-state index in [0.717, 1.165) is 5.56 Å². The van der Waals surface area contributed by atoms with Gasteiger partial charge < -0.3 is 14.9 Å². The summed E-state index contributed by atoms with van der Waals surface area (Å²) in [6, 6.07) is 6.77. The van der Waals surface area contributed by atoms with Crippen molar-refractivity contribution in [1.29, 1.82) is 0 Å². The average molecular weight is 511 g/mol. The number of halogens is 1. The summed E-state index contributed by atoms with van der Waals surface area (Å²) in [7, 11) is 0. The Morgan fingerprint density at radius 2 is 1.84 bits per heavy atom. The lowest BCUT2D eigenvalue weighted by Crippen LogP contribution is -2.69. The number of rotatable bonds is 4. The van der Waals surface area contributed by atoms with Crippen LogP contribution >= 0.6 is 0 Å². The monoisotopic (exact) mass is 510 g/mol. The highest BCUT2D eigenvalue weighted by atomic mass is 19.1. The van der Waals surface area contributed by atoms with E-state index in [1.54, 1.807) is 51.1 Å². The second-order valence-electron chi connectivity index (χ2n) is 12.0. The number of aliphatic hydroxyl groups excluding tert-OH is 1. The van der Waals surface area contributed by atoms with Gasteiger partial charge >= 0.3 is 5.97 Å². The predicted molar refractivity (Wildman–Crippen MR) is 134 cm³/mol. The highest BCUT2D eigenvalue weighted by Crippen LogP contribution is 2.70. The first-order valence-electron chi connectivity index (χ1n) is 13.1. The van der Waals surface area contributed by atoms with Gasteiger partial charge in [0.1, 0.15) is 5.60 Å². The fourth-order valence-electron chi connectivity index (χ4n) is 8.15. The van der Waals surface area contributed by atoms with Crippen molar-refractivity contribution in [3.63, 3.8) is 0 Å². The number of carbonyl (C=O) groups excluding carboxylic acids is 3. The van der Waals surface area contributed by atoms with Crippen molar-refractivity contribution in [3.8, 4) is 0 Å². The summed E-state index contributed by atoms with van der Waals surface area (Å²) < 4.78 is 22.5. The molecule has 0 amide bonds. The zero-order valence-corrected chi connectivity index (χ0v) is 21.8. The van der Waals surface area contributed by atoms with E-state index in [-0.39, 0.29) is 18.1 Å². The van der Waals surface area contributed by atoms with Crippen LogP contribution in [0.15, 0.2) is 48.1 Å². The minimum Gasteiger partial charge on any atom is -0.454 e. The second kappa shape index (κ2) is 8.43. The molecule has 198 valence electrons. The van der Waals surface area contributed by atoms with Crippen LogP contribution in [0.2, 0.25) is 0 Å². The SMILES string of the molecule is Cc1ccc(C(=O)OCC(=O)[C@@]2(O)[C@H](C)CC3C4CCC5=CC(=O)C=C[C@]5(C)[C@@]4(F)[C@@H](O)C[C@@]32C)cc1. The minimum atomic E-state index is -2.04. The normalized spacial score (nSPS) is 42.4. The van der Waals surface area contributed by atoms with Gasteiger partial charge in [-0.3, -0.25) is 9.59 Å². The molecule has 0 bridgehead atoms. The third-order valence-corrected chi connectivity index (χ3v) is 10.3. The quantitative estimate of drug-likeness (QED) is 0.593. The smallest absolute Gasteiger partial charge is 0.338 e. The number of hydrogen-bond donors (Lipinski definition) is 2. The minimum absolute atomic E-state index is 0.117. The summed E-state index contributed by atoms with van der Waals surface area (Å²) in [5.41, 5.74) is -4.19. The van der Waals surface area contributed by atoms with Crippen molar-refractivity contribution in [2.45, 2.75) is 70.8 Å². The van der Waals surface area contributed by atoms with Gasteiger partial charge in [0, 0.05) is 16.7 Å². The summed E-state index contributed by atoms with van der Waals surface area (Å²) in [6.45, 7) is 6.56. The lowest BCUT2D eigenvalue weighted by atomic mass is 9.44. The Morgan fingerprint density at radius 1 is 1.16 bits per heavy atom. The van der Waals surface area contributed by atoms with E-state index in [0.29, 0.717) is 30.4 Å². The number of allylic oxidation sites excluding steroid dienone is 4. The largest absolute Gasteiger partial charge is 0.454 e. The summed E-state index contributed by atoms with van der Waals surface area (Å²) >= 11 is 0. The van der Waals surface area contributed by atoms with Gasteiger partial charge in [-0.15, -0.1) is 0 Å². The molecule has 0 aromatic heterocycles. The van der Waals surface area contributed by atoms with E-state index in [9.17, 15) is 24.6 Å². The van der Waals surface area contributed by atoms with Crippen molar-refractivity contribution >= 4 is 17.5 Å². The molecule has 0 radical (unpaired) electrons. The Labute approximate surface area is 216 Å². The van der Waals surface area contributed by atoms with Crippen LogP contribution in [0, 0.1) is 35.5 Å². The number of benzene rings is 1. The van der Waals surface area contributed by atoms with Crippen molar-refractivity contribution in [1.82, 2.24) is 0 Å². The van der Waals surface area contributed by atoms with Crippen LogP contribution < -0.4 is 0 Å². The molecule has 3 saturated carbocycles. The molecule has 1 aromatic carbocycles. The summed E-state index contributed by atoms with van der Waals surface area (Å²) in [4.78, 5) is 38.1. The number of ether oxygens (including phenoxy) is 1. The van der Waals surface area contributed by atoms with Crippen LogP contribution in [-0.2, 0) is 14.3 Å². The van der Waals surface area contributed by atoms with Crippen molar-refractivity contribution < 1.29 is 33.7 Å². The summed E-state index contributed by atoms with van der Waals surface area (Å²) in [5, 5.41) is 23.4. The van der Waals surface area contributed by atoms with Gasteiger partial charge in [-0.05, 0) is 75.7 Å². The lowest BCUT2D eigenvalue weighted by Gasteiger charge is -2.62. The van der Waals surface area contributed by atoms with E-state index in [4.69, 9.17) is 4.74 Å². The van der Waals surface area contributed by atoms with Crippen molar-refractivity contribution in [2.75, 3.05) is 6.61 Å². The molecule has 37 heavy (non-hydrogen) atoms. The van der Waals surface area contributed by atoms with Crippen LogP contribution in [0.5, 0.6) is 0 Å². The van der Waals surface area contributed by atoms with Gasteiger partial charge in [-0.25, -0.2) is 9.18 Å². The fourth-order valence-corrected chi connectivity index (χ4v) is 8.15. The number of hydrogen-bond acceptors (Lipinski definition) is 6. The van der Waals surface area contributed by atoms with Crippen LogP contribution in [0.3, 0.4) is 0 Å². The van der Waals surface area contributed by atoms with Crippen molar-refractivity contribution in [2.24, 2.45) is 28.6 Å². The highest BCUT2D eigenvalue weighted by Gasteiger charge is 2.75. The predicted octanol–water partition coefficient (Wildman–Crippen LogP) is 4.07. The molecule has 4 aliphatic rings. The molecule has 0 spiro atoms. The number of ketones is 2. The second-order valence-corrected chi connectivity index (χ2v) is 12.0. The number of fused-ring (bicyclic) bond motifs is 5. The van der Waals surface area contributed by atoms with Crippen LogP contribution in [-0.4, -0.2) is 51.7 Å². The maximum absolute atomic E-state index is 17.2. The molecule has 1 aromatic rings. The van der Waals surface area contributed by atoms with Gasteiger partial charge in [0.25, 0.3) is 0 Å². The molecule has 3 fully saturated rings. The van der Waals surface area contributed by atoms with Gasteiger partial charge in [0.05, 0.1) is 11.7 Å². The lowest BCUT2D eigenvalue weighted by molar-refractivity contribution is -0.219. The molecular formula is C30H35FO6. The number of esters is 1. The van der Waals surface area contributed by atoms with Gasteiger partial charge in [0.2, 0.25) is 5.78 Å². The molecule has 6 nitrogen and oxygen atoms in total. The standard InChI is InChI=1S/C30H35FO6/c1-17-5-7-19(8-6-17)26(35)37-16-25(34)30(36)18(2)13-23-22-10-9-20-14-21(32)11-12-27(20,3)29(22,31)24(33)15-28(23,30)4/h5-8,11-12,14,18,22-24,33,36H,9-10,13,15-16H2,1-4H3/t18-,22?,23?,24+,27+,28+,29+,30+/m1/s1. The fraction of sp³-hybridized carbons (Fsp3) is 0.567. The van der Waals surface area contributed by atoms with Gasteiger partial charge in [-0.1, -0.05) is 43.2 Å². The van der Waals surface area contributed by atoms with Gasteiger partial charge in [0.15, 0.2) is 18.1 Å². The number of carbonyl (C=O) groups is 3. The highest BCUT2D eigenvalue weighted by molar-refractivity contribution is 6.01. The molecule has 0 aliphatic heterocycles. The maximum Gasteiger partial charge on any atom is 0.338 e. The van der Waals surface area contributed by atoms with Crippen LogP contribution in [0.25, 0.3) is 0 Å². The van der Waals surface area contributed by atoms with E-state index in [1.165, 1.54) is 12.2 Å². The Bertz CT molecular complexity index is 1220. The summed E-state index contributed by atoms with van der Waals surface area (Å²) in [6.07, 6.45) is 4.20. The molecule has 2 unspecified atom stereocenters. The third-order valence-electron chi connectivity index (χ3n) is 10.3. The van der Waals surface area contributed by atoms with Gasteiger partial charge in [-0.2, -0.15) is 0 Å². The topological polar surface area (TPSA) is 101 Å². The van der Waals surface area contributed by atoms with Crippen LogP contribution in [0.1, 0.15) is 62.4 Å². The Kier molecular flexibility index (Phi) is 5.92. The van der Waals surface area contributed by atoms with E-state index >= 15 is 4.39 Å². The molecule has 4 aliphatic carbocycles. The Morgan fingerprint density at radius 3 is 2.51 bits per heavy atom. The first-order valence-corrected chi connectivity index (χ1v) is 13.1. The molecule has 8 atom stereocenters. The average Bonchev–Trinajstić information content (AvgIpc) is 3.05. The number of aliphatic hydroxyl groups is 2. The molecule has 2 N–H and O–H groups in total. The molecule has 0 saturated heterocycles. The third kappa shape index (κ3) is 3.39. The number of alkyl halides is 1. The zero-order valence-electron chi connectivity index (χ0n) is 21.8. The molecule has 5 rings (SSSR count). The van der Waals surface area contributed by atoms with E-state index in [1.807, 2.05) is 6.92 Å². The van der Waals surface area contributed by atoms with E-state index in [2.05, 4.69) is 0 Å². The first kappa shape index (κ1) is 26.0.